The third-order valence-electron chi connectivity index (χ3n) is 3.57. The van der Waals surface area contributed by atoms with E-state index in [9.17, 15) is 0 Å². The first-order valence-corrected chi connectivity index (χ1v) is 7.82. The van der Waals surface area contributed by atoms with E-state index in [0.29, 0.717) is 13.3 Å². The SMILES string of the molecule is C=CCN.c1ccc(B(c2ccccc2)c2ccccc2)cc1. The highest BCUT2D eigenvalue weighted by molar-refractivity contribution is 6.95. The molecule has 3 aromatic carbocycles. The van der Waals surface area contributed by atoms with Crippen LogP contribution in [-0.2, 0) is 0 Å². The first-order chi connectivity index (χ1) is 11.4. The predicted octanol–water partition coefficient (Wildman–Crippen LogP) is 2.33. The van der Waals surface area contributed by atoms with Crippen molar-refractivity contribution in [1.29, 1.82) is 0 Å². The summed E-state index contributed by atoms with van der Waals surface area (Å²) in [5.74, 6) is 0. The quantitative estimate of drug-likeness (QED) is 0.581. The molecule has 0 atom stereocenters. The Labute approximate surface area is 139 Å². The molecule has 0 saturated carbocycles. The smallest absolute Gasteiger partial charge is 0.241 e. The van der Waals surface area contributed by atoms with Gasteiger partial charge in [0.1, 0.15) is 0 Å². The maximum Gasteiger partial charge on any atom is 0.241 e. The van der Waals surface area contributed by atoms with Crippen LogP contribution in [0.25, 0.3) is 0 Å². The van der Waals surface area contributed by atoms with Gasteiger partial charge in [-0.25, -0.2) is 0 Å². The lowest BCUT2D eigenvalue weighted by Crippen LogP contribution is -2.51. The molecule has 1 nitrogen and oxygen atoms in total. The van der Waals surface area contributed by atoms with Crippen LogP contribution in [0, 0.1) is 0 Å². The lowest BCUT2D eigenvalue weighted by Gasteiger charge is -2.15. The van der Waals surface area contributed by atoms with Crippen LogP contribution in [-0.4, -0.2) is 13.3 Å². The molecule has 0 amide bonds. The molecule has 0 aliphatic heterocycles. The highest BCUT2D eigenvalue weighted by Gasteiger charge is 2.20. The topological polar surface area (TPSA) is 26.0 Å². The Kier molecular flexibility index (Phi) is 6.89. The third kappa shape index (κ3) is 4.98. The molecule has 0 heterocycles. The number of rotatable bonds is 4. The highest BCUT2D eigenvalue weighted by atomic mass is 14.5. The second kappa shape index (κ2) is 9.44. The number of nitrogens with two attached hydrogens (primary N) is 1. The fraction of sp³-hybridized carbons (Fsp3) is 0.0476. The summed E-state index contributed by atoms with van der Waals surface area (Å²) in [5.41, 5.74) is 8.91. The molecule has 0 radical (unpaired) electrons. The van der Waals surface area contributed by atoms with Gasteiger partial charge in [0.25, 0.3) is 0 Å². The lowest BCUT2D eigenvalue weighted by molar-refractivity contribution is 1.26. The number of benzene rings is 3. The van der Waals surface area contributed by atoms with Gasteiger partial charge in [0.2, 0.25) is 6.71 Å². The monoisotopic (exact) mass is 299 g/mol. The van der Waals surface area contributed by atoms with Gasteiger partial charge in [-0.2, -0.15) is 0 Å². The van der Waals surface area contributed by atoms with Gasteiger partial charge in [-0.1, -0.05) is 113 Å². The fourth-order valence-electron chi connectivity index (χ4n) is 2.51. The minimum absolute atomic E-state index is 0.309. The summed E-state index contributed by atoms with van der Waals surface area (Å²) >= 11 is 0. The summed E-state index contributed by atoms with van der Waals surface area (Å²) in [7, 11) is 0. The number of hydrogen-bond donors (Lipinski definition) is 1. The lowest BCUT2D eigenvalue weighted by atomic mass is 9.37. The van der Waals surface area contributed by atoms with E-state index in [1.165, 1.54) is 16.4 Å². The van der Waals surface area contributed by atoms with Crippen LogP contribution in [0.4, 0.5) is 0 Å². The van der Waals surface area contributed by atoms with Gasteiger partial charge in [-0.05, 0) is 0 Å². The molecule has 2 N–H and O–H groups in total. The molecular weight excluding hydrogens is 277 g/mol. The number of hydrogen-bond acceptors (Lipinski definition) is 1. The third-order valence-corrected chi connectivity index (χ3v) is 3.57. The summed E-state index contributed by atoms with van der Waals surface area (Å²) in [4.78, 5) is 0. The van der Waals surface area contributed by atoms with Gasteiger partial charge in [0, 0.05) is 6.54 Å². The average molecular weight is 299 g/mol. The molecule has 0 saturated heterocycles. The molecule has 23 heavy (non-hydrogen) atoms. The first-order valence-electron chi connectivity index (χ1n) is 7.82. The van der Waals surface area contributed by atoms with Crippen molar-refractivity contribution in [2.75, 3.05) is 6.54 Å². The molecule has 0 bridgehead atoms. The Balaban J connectivity index is 0.000000433. The second-order valence-corrected chi connectivity index (χ2v) is 5.19. The molecule has 0 aromatic heterocycles. The molecule has 3 aromatic rings. The van der Waals surface area contributed by atoms with Crippen molar-refractivity contribution < 1.29 is 0 Å². The van der Waals surface area contributed by atoms with Crippen molar-refractivity contribution >= 4 is 23.1 Å². The summed E-state index contributed by atoms with van der Waals surface area (Å²) < 4.78 is 0. The van der Waals surface area contributed by atoms with E-state index in [0.717, 1.165) is 0 Å². The van der Waals surface area contributed by atoms with Gasteiger partial charge in [-0.3, -0.25) is 0 Å². The maximum atomic E-state index is 4.91. The minimum atomic E-state index is 0.309. The molecule has 2 heteroatoms. The van der Waals surface area contributed by atoms with Crippen molar-refractivity contribution in [3.05, 3.63) is 104 Å². The Hall–Kier alpha value is -2.58. The molecule has 0 aliphatic rings. The van der Waals surface area contributed by atoms with Crippen molar-refractivity contribution in [3.63, 3.8) is 0 Å². The minimum Gasteiger partial charge on any atom is -0.327 e. The van der Waals surface area contributed by atoms with E-state index in [1.54, 1.807) is 6.08 Å². The summed E-state index contributed by atoms with van der Waals surface area (Å²) in [6.07, 6.45) is 1.65. The van der Waals surface area contributed by atoms with Crippen molar-refractivity contribution in [2.24, 2.45) is 5.73 Å². The van der Waals surface area contributed by atoms with Crippen LogP contribution < -0.4 is 22.1 Å². The van der Waals surface area contributed by atoms with E-state index in [4.69, 9.17) is 5.73 Å². The maximum absolute atomic E-state index is 4.91. The first kappa shape index (κ1) is 16.8. The Morgan fingerprint density at radius 2 is 0.913 bits per heavy atom. The Morgan fingerprint density at radius 1 is 0.652 bits per heavy atom. The molecule has 0 aliphatic carbocycles. The van der Waals surface area contributed by atoms with Gasteiger partial charge >= 0.3 is 0 Å². The van der Waals surface area contributed by atoms with E-state index >= 15 is 0 Å². The van der Waals surface area contributed by atoms with Gasteiger partial charge in [-0.15, -0.1) is 6.58 Å². The molecular formula is C21H22BN. The second-order valence-electron chi connectivity index (χ2n) is 5.19. The van der Waals surface area contributed by atoms with Gasteiger partial charge in [0.05, 0.1) is 0 Å². The zero-order valence-electron chi connectivity index (χ0n) is 13.3. The molecule has 114 valence electrons. The summed E-state index contributed by atoms with van der Waals surface area (Å²) in [6, 6.07) is 32.0. The van der Waals surface area contributed by atoms with Gasteiger partial charge < -0.3 is 5.73 Å². The largest absolute Gasteiger partial charge is 0.327 e. The van der Waals surface area contributed by atoms with Crippen LogP contribution in [0.1, 0.15) is 0 Å². The van der Waals surface area contributed by atoms with E-state index < -0.39 is 0 Å². The van der Waals surface area contributed by atoms with Crippen LogP contribution in [0.5, 0.6) is 0 Å². The normalized spacial score (nSPS) is 9.43. The summed E-state index contributed by atoms with van der Waals surface area (Å²) in [5, 5.41) is 0. The molecule has 0 fully saturated rings. The zero-order chi connectivity index (χ0) is 16.3. The standard InChI is InChI=1S/C18H15B.C3H7N/c1-4-10-16(11-5-1)19(17-12-6-2-7-13-17)18-14-8-3-9-15-18;1-2-3-4/h1-15H;2H,1,3-4H2. The van der Waals surface area contributed by atoms with Crippen LogP contribution in [0.15, 0.2) is 104 Å². The van der Waals surface area contributed by atoms with Crippen LogP contribution in [0.3, 0.4) is 0 Å². The van der Waals surface area contributed by atoms with Crippen molar-refractivity contribution in [1.82, 2.24) is 0 Å². The predicted molar refractivity (Wildman–Crippen MR) is 103 cm³/mol. The highest BCUT2D eigenvalue weighted by Crippen LogP contribution is 1.95. The fourth-order valence-corrected chi connectivity index (χ4v) is 2.51. The Bertz CT molecular complexity index is 587. The van der Waals surface area contributed by atoms with E-state index in [-0.39, 0.29) is 0 Å². The van der Waals surface area contributed by atoms with Crippen molar-refractivity contribution in [3.8, 4) is 0 Å². The van der Waals surface area contributed by atoms with E-state index in [1.807, 2.05) is 0 Å². The zero-order valence-corrected chi connectivity index (χ0v) is 13.3. The van der Waals surface area contributed by atoms with Crippen LogP contribution in [0.2, 0.25) is 0 Å². The molecule has 0 spiro atoms. The van der Waals surface area contributed by atoms with Crippen molar-refractivity contribution in [2.45, 2.75) is 0 Å². The molecule has 0 unspecified atom stereocenters. The van der Waals surface area contributed by atoms with E-state index in [2.05, 4.69) is 97.6 Å². The Morgan fingerprint density at radius 3 is 1.13 bits per heavy atom. The van der Waals surface area contributed by atoms with Gasteiger partial charge in [0.15, 0.2) is 0 Å². The summed E-state index contributed by atoms with van der Waals surface area (Å²) in [6.45, 7) is 4.25. The van der Waals surface area contributed by atoms with Crippen LogP contribution >= 0.6 is 0 Å². The average Bonchev–Trinajstić information content (AvgIpc) is 2.65. The molecule has 3 rings (SSSR count).